The van der Waals surface area contributed by atoms with Crippen LogP contribution in [0, 0.1) is 5.92 Å². The molecule has 3 rings (SSSR count). The first-order valence-corrected chi connectivity index (χ1v) is 9.54. The van der Waals surface area contributed by atoms with Gasteiger partial charge in [0.05, 0.1) is 10.2 Å². The van der Waals surface area contributed by atoms with Gasteiger partial charge in [0.1, 0.15) is 5.01 Å². The highest BCUT2D eigenvalue weighted by Gasteiger charge is 2.07. The summed E-state index contributed by atoms with van der Waals surface area (Å²) in [6.45, 7) is 4.11. The summed E-state index contributed by atoms with van der Waals surface area (Å²) in [6, 6.07) is 15.3. The minimum atomic E-state index is -0.175. The molecule has 138 valence electrons. The molecule has 0 saturated heterocycles. The van der Waals surface area contributed by atoms with E-state index in [0.717, 1.165) is 26.5 Å². The highest BCUT2D eigenvalue weighted by atomic mass is 32.1. The third kappa shape index (κ3) is 5.24. The van der Waals surface area contributed by atoms with Crippen LogP contribution in [-0.4, -0.2) is 16.8 Å². The van der Waals surface area contributed by atoms with Crippen molar-refractivity contribution in [2.75, 3.05) is 5.32 Å². The molecule has 0 atom stereocenters. The van der Waals surface area contributed by atoms with Gasteiger partial charge in [0.2, 0.25) is 11.8 Å². The van der Waals surface area contributed by atoms with Crippen LogP contribution in [0.2, 0.25) is 0 Å². The van der Waals surface area contributed by atoms with E-state index >= 15 is 0 Å². The smallest absolute Gasteiger partial charge is 0.244 e. The first kappa shape index (κ1) is 18.8. The summed E-state index contributed by atoms with van der Waals surface area (Å²) in [4.78, 5) is 28.2. The number of thiazole rings is 1. The number of hydrogen-bond donors (Lipinski definition) is 2. The number of carbonyl (C=O) groups is 2. The van der Waals surface area contributed by atoms with Gasteiger partial charge in [-0.1, -0.05) is 38.1 Å². The number of para-hydroxylation sites is 1. The Balaban J connectivity index is 1.52. The van der Waals surface area contributed by atoms with E-state index in [-0.39, 0.29) is 17.7 Å². The van der Waals surface area contributed by atoms with E-state index in [0.29, 0.717) is 6.54 Å². The Hall–Kier alpha value is -2.99. The van der Waals surface area contributed by atoms with E-state index in [1.54, 1.807) is 17.4 Å². The van der Waals surface area contributed by atoms with Gasteiger partial charge in [0.15, 0.2) is 0 Å². The molecule has 1 aromatic heterocycles. The highest BCUT2D eigenvalue weighted by molar-refractivity contribution is 7.19. The van der Waals surface area contributed by atoms with Crippen LogP contribution >= 0.6 is 11.3 Å². The van der Waals surface area contributed by atoms with Crippen molar-refractivity contribution in [1.82, 2.24) is 10.3 Å². The normalized spacial score (nSPS) is 11.2. The number of aromatic nitrogens is 1. The van der Waals surface area contributed by atoms with Crippen LogP contribution in [0.3, 0.4) is 0 Å². The summed E-state index contributed by atoms with van der Waals surface area (Å²) in [6.07, 6.45) is 3.22. The van der Waals surface area contributed by atoms with Gasteiger partial charge < -0.3 is 10.6 Å². The number of fused-ring (bicyclic) bond motifs is 1. The molecule has 0 saturated carbocycles. The average molecular weight is 379 g/mol. The van der Waals surface area contributed by atoms with Gasteiger partial charge in [-0.3, -0.25) is 9.59 Å². The van der Waals surface area contributed by atoms with Gasteiger partial charge in [-0.2, -0.15) is 0 Å². The maximum atomic E-state index is 12.0. The number of carbonyl (C=O) groups excluding carboxylic acids is 2. The van der Waals surface area contributed by atoms with Crippen molar-refractivity contribution in [2.24, 2.45) is 5.92 Å². The predicted molar refractivity (Wildman–Crippen MR) is 110 cm³/mol. The van der Waals surface area contributed by atoms with Gasteiger partial charge >= 0.3 is 0 Å². The quantitative estimate of drug-likeness (QED) is 0.630. The molecule has 0 spiro atoms. The number of benzene rings is 2. The Morgan fingerprint density at radius 2 is 1.85 bits per heavy atom. The summed E-state index contributed by atoms with van der Waals surface area (Å²) < 4.78 is 1.10. The van der Waals surface area contributed by atoms with E-state index in [1.807, 2.05) is 62.4 Å². The number of rotatable bonds is 6. The zero-order valence-corrected chi connectivity index (χ0v) is 16.0. The summed E-state index contributed by atoms with van der Waals surface area (Å²) >= 11 is 1.55. The number of nitrogens with one attached hydrogen (secondary N) is 2. The van der Waals surface area contributed by atoms with Gasteiger partial charge in [0, 0.05) is 24.2 Å². The lowest BCUT2D eigenvalue weighted by molar-refractivity contribution is -0.119. The molecular formula is C21H21N3O2S. The van der Waals surface area contributed by atoms with Crippen molar-refractivity contribution in [3.63, 3.8) is 0 Å². The standard InChI is InChI=1S/C21H21N3O2S/c1-14(2)21(26)23-16-9-7-15(8-10-16)13-22-19(25)11-12-20-24-17-5-3-4-6-18(17)27-20/h3-12,14H,13H2,1-2H3,(H,22,25)(H,23,26)/b12-11+. The molecule has 5 nitrogen and oxygen atoms in total. The van der Waals surface area contributed by atoms with Crippen molar-refractivity contribution in [3.8, 4) is 0 Å². The fourth-order valence-electron chi connectivity index (χ4n) is 2.35. The molecule has 0 aliphatic heterocycles. The number of amides is 2. The maximum absolute atomic E-state index is 12.0. The monoisotopic (exact) mass is 379 g/mol. The topological polar surface area (TPSA) is 71.1 Å². The lowest BCUT2D eigenvalue weighted by Crippen LogP contribution is -2.20. The lowest BCUT2D eigenvalue weighted by Gasteiger charge is -2.08. The van der Waals surface area contributed by atoms with Crippen LogP contribution in [-0.2, 0) is 16.1 Å². The summed E-state index contributed by atoms with van der Waals surface area (Å²) in [5.41, 5.74) is 2.64. The van der Waals surface area contributed by atoms with E-state index < -0.39 is 0 Å². The number of nitrogens with zero attached hydrogens (tertiary/aromatic N) is 1. The zero-order chi connectivity index (χ0) is 19.2. The predicted octanol–water partition coefficient (Wildman–Crippen LogP) is 4.22. The molecule has 3 aromatic rings. The van der Waals surface area contributed by atoms with Crippen LogP contribution in [0.4, 0.5) is 5.69 Å². The number of anilines is 1. The van der Waals surface area contributed by atoms with E-state index in [9.17, 15) is 9.59 Å². The third-order valence-electron chi connectivity index (χ3n) is 3.90. The summed E-state index contributed by atoms with van der Waals surface area (Å²) in [5, 5.41) is 6.49. The molecule has 2 aromatic carbocycles. The molecule has 0 fully saturated rings. The molecule has 2 N–H and O–H groups in total. The van der Waals surface area contributed by atoms with Crippen LogP contribution in [0.15, 0.2) is 54.6 Å². The Morgan fingerprint density at radius 3 is 2.56 bits per heavy atom. The van der Waals surface area contributed by atoms with Gasteiger partial charge in [-0.25, -0.2) is 4.98 Å². The molecule has 0 bridgehead atoms. The number of hydrogen-bond acceptors (Lipinski definition) is 4. The Labute approximate surface area is 162 Å². The molecule has 2 amide bonds. The molecule has 27 heavy (non-hydrogen) atoms. The second-order valence-corrected chi connectivity index (χ2v) is 7.47. The molecular weight excluding hydrogens is 358 g/mol. The van der Waals surface area contributed by atoms with Gasteiger partial charge in [-0.05, 0) is 35.9 Å². The van der Waals surface area contributed by atoms with Gasteiger partial charge in [-0.15, -0.1) is 11.3 Å². The lowest BCUT2D eigenvalue weighted by atomic mass is 10.1. The second-order valence-electron chi connectivity index (χ2n) is 6.41. The highest BCUT2D eigenvalue weighted by Crippen LogP contribution is 2.22. The Bertz CT molecular complexity index is 942. The fourth-order valence-corrected chi connectivity index (χ4v) is 3.22. The largest absolute Gasteiger partial charge is 0.348 e. The third-order valence-corrected chi connectivity index (χ3v) is 4.90. The molecule has 0 radical (unpaired) electrons. The van der Waals surface area contributed by atoms with Crippen LogP contribution < -0.4 is 10.6 Å². The average Bonchev–Trinajstić information content (AvgIpc) is 3.08. The zero-order valence-electron chi connectivity index (χ0n) is 15.2. The molecule has 0 aliphatic rings. The minimum Gasteiger partial charge on any atom is -0.348 e. The SMILES string of the molecule is CC(C)C(=O)Nc1ccc(CNC(=O)/C=C/c2nc3ccccc3s2)cc1. The first-order valence-electron chi connectivity index (χ1n) is 8.72. The van der Waals surface area contributed by atoms with Crippen LogP contribution in [0.1, 0.15) is 24.4 Å². The maximum Gasteiger partial charge on any atom is 0.244 e. The summed E-state index contributed by atoms with van der Waals surface area (Å²) in [7, 11) is 0. The first-order chi connectivity index (χ1) is 13.0. The van der Waals surface area contributed by atoms with E-state index in [1.165, 1.54) is 6.08 Å². The van der Waals surface area contributed by atoms with Crippen LogP contribution in [0.5, 0.6) is 0 Å². The second kappa shape index (κ2) is 8.60. The molecule has 0 unspecified atom stereocenters. The molecule has 1 heterocycles. The molecule has 6 heteroatoms. The van der Waals surface area contributed by atoms with Gasteiger partial charge in [0.25, 0.3) is 0 Å². The van der Waals surface area contributed by atoms with E-state index in [4.69, 9.17) is 0 Å². The van der Waals surface area contributed by atoms with Crippen molar-refractivity contribution in [3.05, 3.63) is 65.2 Å². The van der Waals surface area contributed by atoms with E-state index in [2.05, 4.69) is 15.6 Å². The van der Waals surface area contributed by atoms with Crippen molar-refractivity contribution in [1.29, 1.82) is 0 Å². The molecule has 0 aliphatic carbocycles. The summed E-state index contributed by atoms with van der Waals surface area (Å²) in [5.74, 6) is -0.256. The van der Waals surface area contributed by atoms with Crippen molar-refractivity contribution >= 4 is 45.1 Å². The van der Waals surface area contributed by atoms with Crippen molar-refractivity contribution in [2.45, 2.75) is 20.4 Å². The Kier molecular flexibility index (Phi) is 5.98. The minimum absolute atomic E-state index is 0.0176. The van der Waals surface area contributed by atoms with Crippen molar-refractivity contribution < 1.29 is 9.59 Å². The Morgan fingerprint density at radius 1 is 1.11 bits per heavy atom. The van der Waals surface area contributed by atoms with Crippen LogP contribution in [0.25, 0.3) is 16.3 Å². The fraction of sp³-hybridized carbons (Fsp3) is 0.190.